The molecule has 1 amide bonds. The van der Waals surface area contributed by atoms with E-state index in [4.69, 9.17) is 4.74 Å². The molecule has 37 heavy (non-hydrogen) atoms. The van der Waals surface area contributed by atoms with Crippen molar-refractivity contribution in [2.24, 2.45) is 0 Å². The molecule has 1 aliphatic carbocycles. The van der Waals surface area contributed by atoms with Crippen LogP contribution in [0, 0.1) is 17.5 Å². The Kier molecular flexibility index (Phi) is 11.5. The Morgan fingerprint density at radius 1 is 1.05 bits per heavy atom. The minimum atomic E-state index is -0.905. The van der Waals surface area contributed by atoms with Gasteiger partial charge in [0.1, 0.15) is 28.7 Å². The van der Waals surface area contributed by atoms with Crippen molar-refractivity contribution in [3.63, 3.8) is 0 Å². The first-order valence-electron chi connectivity index (χ1n) is 12.5. The fourth-order valence-corrected chi connectivity index (χ4v) is 6.07. The number of anilines is 1. The van der Waals surface area contributed by atoms with Crippen LogP contribution in [-0.4, -0.2) is 56.0 Å². The Labute approximate surface area is 226 Å². The Bertz CT molecular complexity index is 1010. The van der Waals surface area contributed by atoms with Crippen LogP contribution in [0.15, 0.2) is 46.2 Å². The summed E-state index contributed by atoms with van der Waals surface area (Å²) in [4.78, 5) is 15.6. The third-order valence-electron chi connectivity index (χ3n) is 6.54. The number of carbonyl (C=O) groups is 1. The van der Waals surface area contributed by atoms with Crippen LogP contribution in [0.25, 0.3) is 0 Å². The zero-order valence-electron chi connectivity index (χ0n) is 21.6. The molecule has 0 aromatic heterocycles. The zero-order valence-corrected chi connectivity index (χ0v) is 23.3. The van der Waals surface area contributed by atoms with Gasteiger partial charge in [0.2, 0.25) is 0 Å². The second kappa shape index (κ2) is 14.3. The lowest BCUT2D eigenvalue weighted by molar-refractivity contribution is -0.143. The van der Waals surface area contributed by atoms with Crippen LogP contribution in [0.2, 0.25) is 0 Å². The number of rotatable bonds is 12. The molecular formula is C27H36F3N3O2S2. The smallest absolute Gasteiger partial charge is 0.262 e. The first-order chi connectivity index (χ1) is 17.7. The summed E-state index contributed by atoms with van der Waals surface area (Å²) in [6.45, 7) is 0.694. The van der Waals surface area contributed by atoms with Crippen LogP contribution in [0.4, 0.5) is 18.9 Å². The molecule has 1 aliphatic rings. The summed E-state index contributed by atoms with van der Waals surface area (Å²) in [5.41, 5.74) is -1.14. The van der Waals surface area contributed by atoms with Gasteiger partial charge < -0.3 is 15.0 Å². The largest absolute Gasteiger partial charge is 0.377 e. The van der Waals surface area contributed by atoms with Crippen molar-refractivity contribution in [3.8, 4) is 0 Å². The Balaban J connectivity index is 1.67. The van der Waals surface area contributed by atoms with Crippen molar-refractivity contribution in [3.05, 3.63) is 53.8 Å². The molecule has 0 bridgehead atoms. The summed E-state index contributed by atoms with van der Waals surface area (Å²) in [7, 11) is 5.38. The molecule has 0 radical (unpaired) electrons. The van der Waals surface area contributed by atoms with Crippen molar-refractivity contribution >= 4 is 35.3 Å². The van der Waals surface area contributed by atoms with E-state index in [9.17, 15) is 9.18 Å². The topological polar surface area (TPSA) is 53.6 Å². The van der Waals surface area contributed by atoms with Crippen LogP contribution >= 0.6 is 23.7 Å². The number of amides is 1. The quantitative estimate of drug-likeness (QED) is 0.177. The highest BCUT2D eigenvalue weighted by atomic mass is 32.2. The number of nitrogens with one attached hydrogen (secondary N) is 2. The lowest BCUT2D eigenvalue weighted by Crippen LogP contribution is -2.45. The third-order valence-corrected chi connectivity index (χ3v) is 8.51. The van der Waals surface area contributed by atoms with Gasteiger partial charge in [-0.05, 0) is 76.1 Å². The maximum absolute atomic E-state index is 15.0. The van der Waals surface area contributed by atoms with Crippen molar-refractivity contribution < 1.29 is 22.7 Å². The summed E-state index contributed by atoms with van der Waals surface area (Å²) in [5.74, 6) is -1.67. The lowest BCUT2D eigenvalue weighted by Gasteiger charge is -2.29. The summed E-state index contributed by atoms with van der Waals surface area (Å²) < 4.78 is 52.5. The van der Waals surface area contributed by atoms with Gasteiger partial charge in [0.05, 0.1) is 0 Å². The SMILES string of the molecule is COC1(C(=O)NSc2cc(F)c(NC(CCN(C)C)CSc3ccccc3F)c(F)c2)CCCCCC1. The van der Waals surface area contributed by atoms with Gasteiger partial charge in [-0.2, -0.15) is 0 Å². The van der Waals surface area contributed by atoms with E-state index >= 15 is 8.78 Å². The second-order valence-corrected chi connectivity index (χ2v) is 11.5. The molecule has 1 saturated carbocycles. The van der Waals surface area contributed by atoms with Gasteiger partial charge in [-0.15, -0.1) is 11.8 Å². The molecule has 0 spiro atoms. The van der Waals surface area contributed by atoms with E-state index in [1.165, 1.54) is 37.1 Å². The standard InChI is InChI=1S/C27H36F3N3O2S2/c1-33(2)15-12-19(18-36-24-11-7-6-10-21(24)28)31-25-22(29)16-20(17-23(25)30)37-32-26(34)27(35-3)13-8-4-5-9-14-27/h6-7,10-11,16-17,19,31H,4-5,8-9,12-15,18H2,1-3H3,(H,32,34). The summed E-state index contributed by atoms with van der Waals surface area (Å²) >= 11 is 2.19. The Morgan fingerprint density at radius 2 is 1.70 bits per heavy atom. The van der Waals surface area contributed by atoms with Crippen molar-refractivity contribution in [2.45, 2.75) is 66.4 Å². The highest BCUT2D eigenvalue weighted by molar-refractivity contribution is 7.99. The predicted octanol–water partition coefficient (Wildman–Crippen LogP) is 6.49. The summed E-state index contributed by atoms with van der Waals surface area (Å²) in [6.07, 6.45) is 5.79. The molecule has 0 saturated heterocycles. The van der Waals surface area contributed by atoms with Crippen LogP contribution in [-0.2, 0) is 9.53 Å². The number of halogens is 3. The van der Waals surface area contributed by atoms with Gasteiger partial charge in [-0.1, -0.05) is 37.8 Å². The van der Waals surface area contributed by atoms with Crippen LogP contribution in [0.5, 0.6) is 0 Å². The van der Waals surface area contributed by atoms with Crippen molar-refractivity contribution in [1.29, 1.82) is 0 Å². The summed E-state index contributed by atoms with van der Waals surface area (Å²) in [6, 6.07) is 8.57. The average molecular weight is 556 g/mol. The van der Waals surface area contributed by atoms with Gasteiger partial charge in [0, 0.05) is 28.7 Å². The fraction of sp³-hybridized carbons (Fsp3) is 0.519. The van der Waals surface area contributed by atoms with E-state index in [-0.39, 0.29) is 28.3 Å². The molecule has 0 aliphatic heterocycles. The lowest BCUT2D eigenvalue weighted by atomic mass is 9.93. The maximum atomic E-state index is 15.0. The van der Waals surface area contributed by atoms with E-state index in [0.717, 1.165) is 37.6 Å². The first-order valence-corrected chi connectivity index (χ1v) is 14.3. The van der Waals surface area contributed by atoms with E-state index in [1.807, 2.05) is 19.0 Å². The molecule has 2 aromatic carbocycles. The van der Waals surface area contributed by atoms with Gasteiger partial charge in [0.25, 0.3) is 5.91 Å². The molecule has 1 unspecified atom stereocenters. The average Bonchev–Trinajstić information content (AvgIpc) is 3.13. The molecule has 2 aromatic rings. The van der Waals surface area contributed by atoms with Crippen LogP contribution in [0.1, 0.15) is 44.9 Å². The zero-order chi connectivity index (χ0) is 26.8. The van der Waals surface area contributed by atoms with E-state index in [0.29, 0.717) is 36.5 Å². The fourth-order valence-electron chi connectivity index (χ4n) is 4.34. The molecule has 204 valence electrons. The van der Waals surface area contributed by atoms with E-state index in [2.05, 4.69) is 10.0 Å². The van der Waals surface area contributed by atoms with Gasteiger partial charge >= 0.3 is 0 Å². The monoisotopic (exact) mass is 555 g/mol. The van der Waals surface area contributed by atoms with Gasteiger partial charge in [-0.3, -0.25) is 9.52 Å². The maximum Gasteiger partial charge on any atom is 0.262 e. The number of hydrogen-bond acceptors (Lipinski definition) is 6. The van der Waals surface area contributed by atoms with Crippen molar-refractivity contribution in [2.75, 3.05) is 38.8 Å². The third kappa shape index (κ3) is 8.56. The van der Waals surface area contributed by atoms with Crippen LogP contribution < -0.4 is 10.0 Å². The molecule has 10 heteroatoms. The molecular weight excluding hydrogens is 519 g/mol. The van der Waals surface area contributed by atoms with Gasteiger partial charge in [0.15, 0.2) is 0 Å². The van der Waals surface area contributed by atoms with Crippen molar-refractivity contribution in [1.82, 2.24) is 9.62 Å². The highest BCUT2D eigenvalue weighted by Crippen LogP contribution is 2.33. The molecule has 3 rings (SSSR count). The minimum absolute atomic E-state index is 0.231. The number of ether oxygens (including phenoxy) is 1. The Hall–Kier alpha value is -1.88. The molecule has 0 heterocycles. The minimum Gasteiger partial charge on any atom is -0.377 e. The first kappa shape index (κ1) is 29.7. The normalized spacial score (nSPS) is 16.3. The second-order valence-electron chi connectivity index (χ2n) is 9.58. The number of benzene rings is 2. The predicted molar refractivity (Wildman–Crippen MR) is 146 cm³/mol. The van der Waals surface area contributed by atoms with E-state index < -0.39 is 17.2 Å². The molecule has 1 fully saturated rings. The van der Waals surface area contributed by atoms with Gasteiger partial charge in [-0.25, -0.2) is 13.2 Å². The Morgan fingerprint density at radius 3 is 2.30 bits per heavy atom. The van der Waals surface area contributed by atoms with E-state index in [1.54, 1.807) is 18.2 Å². The number of methoxy groups -OCH3 is 1. The number of thioether (sulfide) groups is 1. The molecule has 1 atom stereocenters. The number of nitrogens with zero attached hydrogens (tertiary/aromatic N) is 1. The number of hydrogen-bond donors (Lipinski definition) is 2. The summed E-state index contributed by atoms with van der Waals surface area (Å²) in [5, 5.41) is 2.99. The molecule has 2 N–H and O–H groups in total. The van der Waals surface area contributed by atoms with Crippen LogP contribution in [0.3, 0.4) is 0 Å². The number of carbonyl (C=O) groups excluding carboxylic acids is 1. The molecule has 5 nitrogen and oxygen atoms in total. The highest BCUT2D eigenvalue weighted by Gasteiger charge is 2.38.